The van der Waals surface area contributed by atoms with Crippen LogP contribution >= 0.6 is 0 Å². The van der Waals surface area contributed by atoms with E-state index in [4.69, 9.17) is 4.74 Å². The van der Waals surface area contributed by atoms with Crippen molar-refractivity contribution in [3.8, 4) is 0 Å². The average Bonchev–Trinajstić information content (AvgIpc) is 0.808. The van der Waals surface area contributed by atoms with Crippen molar-refractivity contribution in [1.82, 2.24) is 65.5 Å². The maximum Gasteiger partial charge on any atom is 0.329 e. The third-order valence-electron chi connectivity index (χ3n) is 18.4. The number of aliphatic hydroxyl groups is 2. The molecule has 3 rings (SSSR count). The molecule has 13 atom stereocenters. The molecule has 0 saturated carbocycles. The van der Waals surface area contributed by atoms with Gasteiger partial charge in [0.1, 0.15) is 54.4 Å². The summed E-state index contributed by atoms with van der Waals surface area (Å²) in [5.74, 6) is -12.0. The molecule has 3 heterocycles. The summed E-state index contributed by atoms with van der Waals surface area (Å²) in [6, 6.07) is -1.45. The van der Waals surface area contributed by atoms with Crippen LogP contribution in [0.5, 0.6) is 0 Å². The number of nitrogens with zero attached hydrogens (tertiary/aromatic N) is 9. The number of cyclic esters (lactones) is 1. The molecule has 0 unspecified atom stereocenters. The van der Waals surface area contributed by atoms with Gasteiger partial charge in [0.15, 0.2) is 6.10 Å². The zero-order valence-corrected chi connectivity index (χ0v) is 64.6. The lowest BCUT2D eigenvalue weighted by Crippen LogP contribution is -2.64. The summed E-state index contributed by atoms with van der Waals surface area (Å²) >= 11 is 0. The van der Waals surface area contributed by atoms with Gasteiger partial charge >= 0.3 is 5.97 Å². The summed E-state index contributed by atoms with van der Waals surface area (Å²) in [4.78, 5) is 181. The molecule has 0 bridgehead atoms. The molecule has 10 amide bonds. The molecule has 0 spiro atoms. The zero-order valence-electron chi connectivity index (χ0n) is 64.6. The standard InChI is InChI=1S/C74H123N13O14/c1-42(2)34-54-69(95)83(20)57(37-45(7)8)65(91)77-50(16)74(100)101-64(48(13)14)73(99)84(21)58(38-46(9)10)67(93)79-55(35-43(3)4)70(96)85(22)61(47(11)12)72(98)86(23)62(63(90)49(15)30-33-87(39-52-28-24-26-31-75-52)40-53-29-25-27-32-76-53)68(94)80-60(51(17)88)71(97)81(18)41-59(89)82(19)56(36-44(5)6)66(92)78-54/h24-29,31-32,42-51,54-58,60-64,88,90H,30,33-41H2,1-23H3,(H,77,91)(H,78,92)(H,79,93)(H,80,94)/t49-,50+,51-,54+,55+,56+,57+,58+,60+,61+,62+,63-,64-/m1/s1. The number of ether oxygens (including phenoxy) is 1. The molecule has 27 heteroatoms. The number of nitrogens with one attached hydrogen (secondary N) is 4. The van der Waals surface area contributed by atoms with Crippen molar-refractivity contribution >= 4 is 65.0 Å². The van der Waals surface area contributed by atoms with Crippen LogP contribution in [0.3, 0.4) is 0 Å². The van der Waals surface area contributed by atoms with Crippen LogP contribution in [-0.4, -0.2) is 248 Å². The molecule has 0 aliphatic carbocycles. The Morgan fingerprint density at radius 3 is 1.31 bits per heavy atom. The molecule has 6 N–H and O–H groups in total. The molecule has 1 aliphatic heterocycles. The number of carbonyl (C=O) groups excluding carboxylic acids is 11. The van der Waals surface area contributed by atoms with Crippen molar-refractivity contribution in [3.05, 3.63) is 60.2 Å². The maximum atomic E-state index is 15.6. The SMILES string of the molecule is CC(C)C[C@@H]1NC(=O)[C@H](CC(C)C)N(C)C(=O)[C@@H](C(C)C)OC(=O)[C@H](C)NC(=O)[C@H](CC(C)C)N(C)C(=O)[C@H](CC(C)C)NC(=O)[C@H](CC(C)C)N(C)C(=O)CN(C)C(=O)[C@H]([C@@H](C)O)NC(=O)[C@H]([C@H](O)[C@H](C)CCN(Cc2ccccn2)Cc2ccccn2)N(C)C(=O)[C@H](C(C)C)N(C)C1=O. The fraction of sp³-hybridized carbons (Fsp3) is 0.716. The van der Waals surface area contributed by atoms with E-state index in [2.05, 4.69) is 36.1 Å². The van der Waals surface area contributed by atoms with Crippen LogP contribution in [0.4, 0.5) is 0 Å². The third-order valence-corrected chi connectivity index (χ3v) is 18.4. The molecular weight excluding hydrogens is 1290 g/mol. The van der Waals surface area contributed by atoms with Crippen LogP contribution in [0, 0.1) is 47.3 Å². The monoisotopic (exact) mass is 1420 g/mol. The van der Waals surface area contributed by atoms with Gasteiger partial charge < -0.3 is 65.6 Å². The first-order valence-electron chi connectivity index (χ1n) is 35.9. The highest BCUT2D eigenvalue weighted by molar-refractivity contribution is 5.99. The van der Waals surface area contributed by atoms with Gasteiger partial charge in [-0.3, -0.25) is 62.8 Å². The highest BCUT2D eigenvalue weighted by Crippen LogP contribution is 2.26. The third kappa shape index (κ3) is 26.3. The number of hydrogen-bond donors (Lipinski definition) is 6. The van der Waals surface area contributed by atoms with Crippen molar-refractivity contribution in [3.63, 3.8) is 0 Å². The first-order valence-corrected chi connectivity index (χ1v) is 35.9. The number of rotatable bonds is 22. The van der Waals surface area contributed by atoms with E-state index in [1.807, 2.05) is 93.5 Å². The number of hydrogen-bond acceptors (Lipinski definition) is 17. The van der Waals surface area contributed by atoms with E-state index in [0.29, 0.717) is 19.6 Å². The van der Waals surface area contributed by atoms with Gasteiger partial charge in [-0.2, -0.15) is 0 Å². The highest BCUT2D eigenvalue weighted by atomic mass is 16.6. The Labute approximate surface area is 600 Å². The number of amides is 10. The number of esters is 1. The first-order chi connectivity index (χ1) is 47.0. The van der Waals surface area contributed by atoms with Crippen LogP contribution < -0.4 is 21.3 Å². The average molecular weight is 1420 g/mol. The first kappa shape index (κ1) is 87.6. The Morgan fingerprint density at radius 1 is 0.485 bits per heavy atom. The molecule has 1 saturated heterocycles. The molecule has 1 aliphatic rings. The number of aromatic nitrogens is 2. The molecule has 2 aromatic rings. The molecule has 101 heavy (non-hydrogen) atoms. The van der Waals surface area contributed by atoms with E-state index in [1.165, 1.54) is 70.8 Å². The predicted molar refractivity (Wildman–Crippen MR) is 385 cm³/mol. The van der Waals surface area contributed by atoms with Gasteiger partial charge in [-0.05, 0) is 131 Å². The van der Waals surface area contributed by atoms with E-state index < -0.39 is 162 Å². The van der Waals surface area contributed by atoms with Crippen LogP contribution in [-0.2, 0) is 70.6 Å². The molecule has 0 radical (unpaired) electrons. The molecule has 1 fully saturated rings. The quantitative estimate of drug-likeness (QED) is 0.0897. The lowest BCUT2D eigenvalue weighted by Gasteiger charge is -2.40. The second-order valence-electron chi connectivity index (χ2n) is 30.6. The van der Waals surface area contributed by atoms with Crippen molar-refractivity contribution in [2.45, 2.75) is 242 Å². The van der Waals surface area contributed by atoms with Gasteiger partial charge in [0.25, 0.3) is 5.91 Å². The number of aliphatic hydroxyl groups excluding tert-OH is 2. The minimum atomic E-state index is -1.82. The van der Waals surface area contributed by atoms with Gasteiger partial charge in [0.2, 0.25) is 53.2 Å². The fourth-order valence-corrected chi connectivity index (χ4v) is 12.5. The van der Waals surface area contributed by atoms with Gasteiger partial charge in [-0.15, -0.1) is 0 Å². The zero-order chi connectivity index (χ0) is 76.8. The van der Waals surface area contributed by atoms with Crippen LogP contribution in [0.25, 0.3) is 0 Å². The van der Waals surface area contributed by atoms with Crippen molar-refractivity contribution in [2.75, 3.05) is 55.4 Å². The van der Waals surface area contributed by atoms with Gasteiger partial charge in [-0.25, -0.2) is 4.79 Å². The smallest absolute Gasteiger partial charge is 0.329 e. The van der Waals surface area contributed by atoms with Crippen LogP contribution in [0.1, 0.15) is 168 Å². The second kappa shape index (κ2) is 40.9. The van der Waals surface area contributed by atoms with E-state index in [-0.39, 0.29) is 68.1 Å². The summed E-state index contributed by atoms with van der Waals surface area (Å²) in [5.41, 5.74) is 1.52. The van der Waals surface area contributed by atoms with Crippen molar-refractivity contribution < 1.29 is 67.7 Å². The molecule has 0 aromatic carbocycles. The van der Waals surface area contributed by atoms with E-state index in [9.17, 15) is 48.6 Å². The maximum absolute atomic E-state index is 15.6. The minimum absolute atomic E-state index is 0.0593. The lowest BCUT2D eigenvalue weighted by molar-refractivity contribution is -0.166. The van der Waals surface area contributed by atoms with Crippen LogP contribution in [0.2, 0.25) is 0 Å². The lowest BCUT2D eigenvalue weighted by atomic mass is 9.91. The fourth-order valence-electron chi connectivity index (χ4n) is 12.5. The molecule has 2 aromatic heterocycles. The summed E-state index contributed by atoms with van der Waals surface area (Å²) < 4.78 is 5.93. The Balaban J connectivity index is 2.36. The number of pyridine rings is 2. The topological polar surface area (TPSA) is 334 Å². The Hall–Kier alpha value is -7.65. The molecule has 27 nitrogen and oxygen atoms in total. The highest BCUT2D eigenvalue weighted by Gasteiger charge is 2.46. The van der Waals surface area contributed by atoms with Crippen molar-refractivity contribution in [1.29, 1.82) is 0 Å². The largest absolute Gasteiger partial charge is 0.450 e. The Bertz CT molecular complexity index is 3000. The molecule has 568 valence electrons. The van der Waals surface area contributed by atoms with Gasteiger partial charge in [-0.1, -0.05) is 116 Å². The van der Waals surface area contributed by atoms with E-state index >= 15 is 14.4 Å². The Kier molecular flexibility index (Phi) is 35.4. The van der Waals surface area contributed by atoms with E-state index in [1.54, 1.807) is 59.1 Å². The van der Waals surface area contributed by atoms with Gasteiger partial charge in [0, 0.05) is 67.8 Å². The minimum Gasteiger partial charge on any atom is -0.450 e. The summed E-state index contributed by atoms with van der Waals surface area (Å²) in [6.07, 6.45) is -0.774. The predicted octanol–water partition coefficient (Wildman–Crippen LogP) is 4.27. The van der Waals surface area contributed by atoms with Crippen molar-refractivity contribution in [2.24, 2.45) is 47.3 Å². The summed E-state index contributed by atoms with van der Waals surface area (Å²) in [5, 5.41) is 35.3. The van der Waals surface area contributed by atoms with Gasteiger partial charge in [0.05, 0.1) is 30.1 Å². The number of carbonyl (C=O) groups is 11. The van der Waals surface area contributed by atoms with E-state index in [0.717, 1.165) is 26.1 Å². The number of likely N-dealkylation sites (N-methyl/N-ethyl adjacent to an activating group) is 6. The Morgan fingerprint density at radius 2 is 0.901 bits per heavy atom. The van der Waals surface area contributed by atoms with Crippen LogP contribution in [0.15, 0.2) is 48.8 Å². The summed E-state index contributed by atoms with van der Waals surface area (Å²) in [6.45, 7) is 29.8. The summed E-state index contributed by atoms with van der Waals surface area (Å²) in [7, 11) is 8.15. The molecular formula is C74H123N13O14. The normalized spacial score (nSPS) is 24.7. The second-order valence-corrected chi connectivity index (χ2v) is 30.6.